The molecule has 0 radical (unpaired) electrons. The number of benzene rings is 1. The summed E-state index contributed by atoms with van der Waals surface area (Å²) in [5.41, 5.74) is 1.88. The fourth-order valence-corrected chi connectivity index (χ4v) is 2.10. The summed E-state index contributed by atoms with van der Waals surface area (Å²) in [5, 5.41) is 6.00. The first-order valence-corrected chi connectivity index (χ1v) is 7.75. The van der Waals surface area contributed by atoms with Gasteiger partial charge in [-0.3, -0.25) is 9.78 Å². The maximum atomic E-state index is 12.5. The zero-order valence-corrected chi connectivity index (χ0v) is 14.0. The van der Waals surface area contributed by atoms with Gasteiger partial charge in [0.25, 0.3) is 5.91 Å². The molecule has 0 aliphatic carbocycles. The normalized spacial score (nSPS) is 11.5. The van der Waals surface area contributed by atoms with Gasteiger partial charge in [0.2, 0.25) is 0 Å². The van der Waals surface area contributed by atoms with Crippen LogP contribution in [0.5, 0.6) is 0 Å². The lowest BCUT2D eigenvalue weighted by molar-refractivity contribution is 0.0602. The molecule has 6 nitrogen and oxygen atoms in total. The average Bonchev–Trinajstić information content (AvgIpc) is 2.61. The summed E-state index contributed by atoms with van der Waals surface area (Å²) >= 11 is 0. The van der Waals surface area contributed by atoms with Crippen molar-refractivity contribution in [2.75, 3.05) is 17.7 Å². The molecule has 2 aromatic rings. The number of pyridine rings is 1. The van der Waals surface area contributed by atoms with E-state index in [9.17, 15) is 9.59 Å². The number of carbonyl (C=O) groups is 2. The number of ether oxygens (including phenoxy) is 1. The Hall–Kier alpha value is -2.89. The van der Waals surface area contributed by atoms with Crippen molar-refractivity contribution in [1.82, 2.24) is 4.98 Å². The fraction of sp³-hybridized carbons (Fsp3) is 0.278. The molecule has 0 saturated heterocycles. The number of amides is 1. The summed E-state index contributed by atoms with van der Waals surface area (Å²) in [6.45, 7) is 4.13. The molecule has 1 heterocycles. The van der Waals surface area contributed by atoms with Crippen molar-refractivity contribution in [3.8, 4) is 0 Å². The maximum Gasteiger partial charge on any atom is 0.339 e. The predicted octanol–water partition coefficient (Wildman–Crippen LogP) is 3.33. The predicted molar refractivity (Wildman–Crippen MR) is 93.3 cm³/mol. The summed E-state index contributed by atoms with van der Waals surface area (Å²) in [7, 11) is 1.30. The number of nitrogens with zero attached hydrogens (tertiary/aromatic N) is 1. The minimum Gasteiger partial charge on any atom is -0.465 e. The van der Waals surface area contributed by atoms with E-state index < -0.39 is 5.97 Å². The number of hydrogen-bond donors (Lipinski definition) is 2. The topological polar surface area (TPSA) is 80.3 Å². The zero-order valence-electron chi connectivity index (χ0n) is 14.0. The summed E-state index contributed by atoms with van der Waals surface area (Å²) in [6.07, 6.45) is 4.12. The molecule has 6 heteroatoms. The lowest BCUT2D eigenvalue weighted by Gasteiger charge is -2.14. The highest BCUT2D eigenvalue weighted by molar-refractivity contribution is 6.08. The van der Waals surface area contributed by atoms with E-state index in [2.05, 4.69) is 29.5 Å². The van der Waals surface area contributed by atoms with Gasteiger partial charge in [-0.05, 0) is 31.5 Å². The Morgan fingerprint density at radius 2 is 2.00 bits per heavy atom. The van der Waals surface area contributed by atoms with Crippen molar-refractivity contribution < 1.29 is 14.3 Å². The Morgan fingerprint density at radius 3 is 2.71 bits per heavy atom. The van der Waals surface area contributed by atoms with Crippen LogP contribution in [0.2, 0.25) is 0 Å². The van der Waals surface area contributed by atoms with Gasteiger partial charge in [-0.1, -0.05) is 19.1 Å². The minimum absolute atomic E-state index is 0.283. The maximum absolute atomic E-state index is 12.5. The second-order valence-corrected chi connectivity index (χ2v) is 5.41. The molecule has 1 aromatic heterocycles. The molecule has 0 aliphatic rings. The first-order chi connectivity index (χ1) is 11.5. The van der Waals surface area contributed by atoms with Crippen LogP contribution in [0.4, 0.5) is 11.4 Å². The molecule has 0 saturated carbocycles. The van der Waals surface area contributed by atoms with Crippen molar-refractivity contribution in [3.63, 3.8) is 0 Å². The van der Waals surface area contributed by atoms with Gasteiger partial charge < -0.3 is 15.4 Å². The Kier molecular flexibility index (Phi) is 5.89. The van der Waals surface area contributed by atoms with Crippen molar-refractivity contribution in [2.45, 2.75) is 26.3 Å². The smallest absolute Gasteiger partial charge is 0.339 e. The third-order valence-corrected chi connectivity index (χ3v) is 3.61. The molecule has 0 fully saturated rings. The summed E-state index contributed by atoms with van der Waals surface area (Å²) in [5.74, 6) is -0.845. The second-order valence-electron chi connectivity index (χ2n) is 5.41. The van der Waals surface area contributed by atoms with E-state index in [0.29, 0.717) is 16.8 Å². The molecule has 24 heavy (non-hydrogen) atoms. The summed E-state index contributed by atoms with van der Waals surface area (Å²) in [4.78, 5) is 28.3. The van der Waals surface area contributed by atoms with Crippen LogP contribution >= 0.6 is 0 Å². The highest BCUT2D eigenvalue weighted by atomic mass is 16.5. The first kappa shape index (κ1) is 17.5. The molecule has 126 valence electrons. The number of carbonyl (C=O) groups excluding carboxylic acids is 2. The van der Waals surface area contributed by atoms with Crippen LogP contribution in [-0.2, 0) is 4.74 Å². The van der Waals surface area contributed by atoms with E-state index in [1.807, 2.05) is 0 Å². The fourth-order valence-electron chi connectivity index (χ4n) is 2.10. The van der Waals surface area contributed by atoms with Crippen molar-refractivity contribution in [1.29, 1.82) is 0 Å². The average molecular weight is 327 g/mol. The van der Waals surface area contributed by atoms with Crippen LogP contribution in [0.25, 0.3) is 0 Å². The van der Waals surface area contributed by atoms with Crippen LogP contribution in [0.15, 0.2) is 42.7 Å². The standard InChI is InChI=1S/C18H21N3O3/c1-4-12(2)20-14-9-13(10-19-11-14)17(22)21-16-8-6-5-7-15(16)18(23)24-3/h5-12,20H,4H2,1-3H3,(H,21,22). The summed E-state index contributed by atoms with van der Waals surface area (Å²) < 4.78 is 4.73. The van der Waals surface area contributed by atoms with E-state index in [1.54, 1.807) is 36.5 Å². The molecule has 1 unspecified atom stereocenters. The van der Waals surface area contributed by atoms with Crippen LogP contribution in [0.3, 0.4) is 0 Å². The van der Waals surface area contributed by atoms with Crippen molar-refractivity contribution in [2.24, 2.45) is 0 Å². The number of methoxy groups -OCH3 is 1. The Bertz CT molecular complexity index is 731. The lowest BCUT2D eigenvalue weighted by atomic mass is 10.1. The van der Waals surface area contributed by atoms with E-state index >= 15 is 0 Å². The molecule has 0 spiro atoms. The van der Waals surface area contributed by atoms with E-state index in [-0.39, 0.29) is 11.9 Å². The zero-order chi connectivity index (χ0) is 17.5. The number of esters is 1. The van der Waals surface area contributed by atoms with Crippen LogP contribution in [0, 0.1) is 0 Å². The lowest BCUT2D eigenvalue weighted by Crippen LogP contribution is -2.17. The molecule has 1 amide bonds. The first-order valence-electron chi connectivity index (χ1n) is 7.75. The Balaban J connectivity index is 2.19. The van der Waals surface area contributed by atoms with Gasteiger partial charge in [0.1, 0.15) is 0 Å². The monoisotopic (exact) mass is 327 g/mol. The summed E-state index contributed by atoms with van der Waals surface area (Å²) in [6, 6.07) is 8.71. The van der Waals surface area contributed by atoms with E-state index in [4.69, 9.17) is 4.74 Å². The molecule has 1 atom stereocenters. The van der Waals surface area contributed by atoms with Crippen LogP contribution < -0.4 is 10.6 Å². The largest absolute Gasteiger partial charge is 0.465 e. The molecule has 0 bridgehead atoms. The Morgan fingerprint density at radius 1 is 1.25 bits per heavy atom. The third kappa shape index (κ3) is 4.32. The van der Waals surface area contributed by atoms with Crippen molar-refractivity contribution >= 4 is 23.3 Å². The molecule has 2 N–H and O–H groups in total. The van der Waals surface area contributed by atoms with Gasteiger partial charge in [0, 0.05) is 18.4 Å². The van der Waals surface area contributed by atoms with Gasteiger partial charge in [-0.25, -0.2) is 4.79 Å². The number of para-hydroxylation sites is 1. The highest BCUT2D eigenvalue weighted by Gasteiger charge is 2.15. The van der Waals surface area contributed by atoms with Gasteiger partial charge in [-0.2, -0.15) is 0 Å². The molecule has 2 rings (SSSR count). The molecular formula is C18H21N3O3. The van der Waals surface area contributed by atoms with Crippen molar-refractivity contribution in [3.05, 3.63) is 53.9 Å². The van der Waals surface area contributed by atoms with Gasteiger partial charge in [0.15, 0.2) is 0 Å². The number of aromatic nitrogens is 1. The van der Waals surface area contributed by atoms with E-state index in [1.165, 1.54) is 13.3 Å². The number of hydrogen-bond acceptors (Lipinski definition) is 5. The molecule has 0 aliphatic heterocycles. The second kappa shape index (κ2) is 8.10. The third-order valence-electron chi connectivity index (χ3n) is 3.61. The van der Waals surface area contributed by atoms with Gasteiger partial charge >= 0.3 is 5.97 Å². The quantitative estimate of drug-likeness (QED) is 0.796. The highest BCUT2D eigenvalue weighted by Crippen LogP contribution is 2.18. The van der Waals surface area contributed by atoms with Crippen LogP contribution in [0.1, 0.15) is 41.0 Å². The number of anilines is 2. The number of rotatable bonds is 6. The van der Waals surface area contributed by atoms with Crippen LogP contribution in [-0.4, -0.2) is 30.0 Å². The minimum atomic E-state index is -0.504. The van der Waals surface area contributed by atoms with E-state index in [0.717, 1.165) is 12.1 Å². The SMILES string of the molecule is CCC(C)Nc1cncc(C(=O)Nc2ccccc2C(=O)OC)c1. The molecule has 1 aromatic carbocycles. The molecular weight excluding hydrogens is 306 g/mol. The number of nitrogens with one attached hydrogen (secondary N) is 2. The van der Waals surface area contributed by atoms with Gasteiger partial charge in [0.05, 0.1) is 29.6 Å². The van der Waals surface area contributed by atoms with Gasteiger partial charge in [-0.15, -0.1) is 0 Å². The Labute approximate surface area is 141 Å².